The molecule has 222 valence electrons. The second kappa shape index (κ2) is 16.8. The number of ether oxygens (including phenoxy) is 1. The molecular formula is C30H41N5O4S2. The Morgan fingerprint density at radius 1 is 0.976 bits per heavy atom. The van der Waals surface area contributed by atoms with Crippen molar-refractivity contribution in [3.8, 4) is 0 Å². The van der Waals surface area contributed by atoms with Crippen LogP contribution in [0.25, 0.3) is 0 Å². The second-order valence-electron chi connectivity index (χ2n) is 10.6. The largest absolute Gasteiger partial charge is 0.444 e. The predicted octanol–water partition coefficient (Wildman–Crippen LogP) is 6.07. The van der Waals surface area contributed by atoms with Gasteiger partial charge < -0.3 is 20.3 Å². The number of rotatable bonds is 16. The number of benzene rings is 1. The summed E-state index contributed by atoms with van der Waals surface area (Å²) < 4.78 is 5.35. The average molecular weight is 600 g/mol. The number of nitrogens with one attached hydrogen (secondary N) is 2. The zero-order chi connectivity index (χ0) is 29.6. The van der Waals surface area contributed by atoms with E-state index >= 15 is 0 Å². The molecule has 0 saturated heterocycles. The lowest BCUT2D eigenvalue weighted by molar-refractivity contribution is -0.122. The number of ketones is 1. The van der Waals surface area contributed by atoms with Gasteiger partial charge in [-0.05, 0) is 43.1 Å². The molecule has 0 aliphatic carbocycles. The molecule has 0 bridgehead atoms. The third-order valence-corrected chi connectivity index (χ3v) is 8.46. The molecule has 0 saturated carbocycles. The molecule has 0 unspecified atom stereocenters. The van der Waals surface area contributed by atoms with Gasteiger partial charge in [-0.2, -0.15) is 0 Å². The smallest absolute Gasteiger partial charge is 0.407 e. The molecule has 0 radical (unpaired) electrons. The topological polar surface area (TPSA) is 114 Å². The van der Waals surface area contributed by atoms with E-state index in [0.717, 1.165) is 34.6 Å². The minimum absolute atomic E-state index is 0.0189. The highest BCUT2D eigenvalue weighted by atomic mass is 32.1. The van der Waals surface area contributed by atoms with Crippen LogP contribution in [-0.2, 0) is 29.1 Å². The number of hydrogen-bond acceptors (Lipinski definition) is 8. The van der Waals surface area contributed by atoms with Crippen molar-refractivity contribution in [3.63, 3.8) is 0 Å². The lowest BCUT2D eigenvalue weighted by Crippen LogP contribution is -2.49. The zero-order valence-corrected chi connectivity index (χ0v) is 25.9. The first-order chi connectivity index (χ1) is 19.7. The van der Waals surface area contributed by atoms with Crippen LogP contribution in [0.1, 0.15) is 61.8 Å². The van der Waals surface area contributed by atoms with Gasteiger partial charge in [-0.25, -0.2) is 9.59 Å². The van der Waals surface area contributed by atoms with Gasteiger partial charge in [0.1, 0.15) is 6.61 Å². The molecule has 3 amide bonds. The van der Waals surface area contributed by atoms with E-state index in [0.29, 0.717) is 19.4 Å². The van der Waals surface area contributed by atoms with Crippen molar-refractivity contribution in [1.29, 1.82) is 0 Å². The Balaban J connectivity index is 1.60. The summed E-state index contributed by atoms with van der Waals surface area (Å²) in [7, 11) is 1.72. The molecule has 2 aromatic heterocycles. The lowest BCUT2D eigenvalue weighted by atomic mass is 9.85. The number of alkyl carbamates (subject to hydrolysis) is 1. The van der Waals surface area contributed by atoms with Crippen molar-refractivity contribution in [3.05, 3.63) is 69.1 Å². The Labute approximate surface area is 250 Å². The summed E-state index contributed by atoms with van der Waals surface area (Å²) >= 11 is 2.93. The van der Waals surface area contributed by atoms with E-state index in [1.54, 1.807) is 35.4 Å². The van der Waals surface area contributed by atoms with Crippen molar-refractivity contribution >= 4 is 40.6 Å². The first kappa shape index (κ1) is 32.2. The number of nitrogens with zero attached hydrogens (tertiary/aromatic N) is 3. The summed E-state index contributed by atoms with van der Waals surface area (Å²) in [5, 5.41) is 5.94. The molecule has 2 heterocycles. The number of hydrogen-bond donors (Lipinski definition) is 2. The van der Waals surface area contributed by atoms with Crippen LogP contribution < -0.4 is 10.6 Å². The van der Waals surface area contributed by atoms with E-state index in [1.807, 2.05) is 39.0 Å². The van der Waals surface area contributed by atoms with Crippen LogP contribution in [0.2, 0.25) is 0 Å². The highest BCUT2D eigenvalue weighted by molar-refractivity contribution is 7.09. The quantitative estimate of drug-likeness (QED) is 0.207. The van der Waals surface area contributed by atoms with Crippen LogP contribution in [0.5, 0.6) is 0 Å². The van der Waals surface area contributed by atoms with Crippen LogP contribution >= 0.6 is 22.7 Å². The Morgan fingerprint density at radius 2 is 1.66 bits per heavy atom. The molecule has 0 aliphatic heterocycles. The molecule has 1 aromatic carbocycles. The lowest BCUT2D eigenvalue weighted by Gasteiger charge is -2.27. The van der Waals surface area contributed by atoms with E-state index in [4.69, 9.17) is 4.74 Å². The maximum atomic E-state index is 13.6. The van der Waals surface area contributed by atoms with E-state index in [1.165, 1.54) is 22.7 Å². The molecule has 3 aromatic rings. The van der Waals surface area contributed by atoms with Gasteiger partial charge in [-0.1, -0.05) is 51.1 Å². The van der Waals surface area contributed by atoms with Crippen LogP contribution in [0.15, 0.2) is 53.7 Å². The van der Waals surface area contributed by atoms with Crippen LogP contribution in [0.4, 0.5) is 9.59 Å². The zero-order valence-electron chi connectivity index (χ0n) is 24.2. The van der Waals surface area contributed by atoms with Gasteiger partial charge >= 0.3 is 12.1 Å². The number of Topliss-reactive ketones (excluding diaryl/α,β-unsaturated/α-hetero) is 1. The summed E-state index contributed by atoms with van der Waals surface area (Å²) in [5.74, 6) is 0.0199. The third-order valence-electron chi connectivity index (χ3n) is 6.94. The predicted molar refractivity (Wildman–Crippen MR) is 163 cm³/mol. The Hall–Kier alpha value is -3.31. The van der Waals surface area contributed by atoms with Gasteiger partial charge in [-0.3, -0.25) is 14.8 Å². The first-order valence-electron chi connectivity index (χ1n) is 14.0. The Morgan fingerprint density at radius 3 is 2.27 bits per heavy atom. The van der Waals surface area contributed by atoms with E-state index < -0.39 is 12.1 Å². The standard InChI is InChI=1S/C30H41N5O4S2/c1-5-24(33-30(38)39-18-26-16-32-20-41-26)12-11-23(13-22-9-7-6-8-10-22)14-27(36)28(21(2)3)34-29(37)35(4)17-25-15-31-19-40-25/h6-10,15-16,19-21,23-24,28H,5,11-14,17-18H2,1-4H3,(H,33,38)(H,34,37)/t23-,24+,28+/m1/s1. The first-order valence-corrected chi connectivity index (χ1v) is 15.8. The van der Waals surface area contributed by atoms with Crippen LogP contribution in [0.3, 0.4) is 0 Å². The summed E-state index contributed by atoms with van der Waals surface area (Å²) in [6, 6.07) is 9.17. The molecule has 9 nitrogen and oxygen atoms in total. The van der Waals surface area contributed by atoms with Crippen LogP contribution in [0, 0.1) is 11.8 Å². The Bertz CT molecular complexity index is 1190. The molecule has 3 rings (SSSR count). The van der Waals surface area contributed by atoms with Crippen molar-refractivity contribution in [2.75, 3.05) is 7.05 Å². The van der Waals surface area contributed by atoms with Gasteiger partial charge in [0.25, 0.3) is 0 Å². The van der Waals surface area contributed by atoms with Crippen molar-refractivity contribution in [1.82, 2.24) is 25.5 Å². The maximum Gasteiger partial charge on any atom is 0.407 e. The number of urea groups is 1. The van der Waals surface area contributed by atoms with Gasteiger partial charge in [0.15, 0.2) is 5.78 Å². The fourth-order valence-electron chi connectivity index (χ4n) is 4.60. The minimum Gasteiger partial charge on any atom is -0.444 e. The molecule has 0 aliphatic rings. The van der Waals surface area contributed by atoms with E-state index in [2.05, 4.69) is 32.7 Å². The average Bonchev–Trinajstić information content (AvgIpc) is 3.67. The molecule has 11 heteroatoms. The van der Waals surface area contributed by atoms with E-state index in [-0.39, 0.29) is 36.3 Å². The molecule has 0 spiro atoms. The maximum absolute atomic E-state index is 13.6. The summed E-state index contributed by atoms with van der Waals surface area (Å²) in [6.45, 7) is 6.56. The normalized spacial score (nSPS) is 13.3. The second-order valence-corrected chi connectivity index (χ2v) is 12.5. The van der Waals surface area contributed by atoms with Gasteiger partial charge in [0.05, 0.1) is 28.5 Å². The number of carbonyl (C=O) groups excluding carboxylic acids is 3. The van der Waals surface area contributed by atoms with Crippen molar-refractivity contribution in [2.45, 2.75) is 78.1 Å². The van der Waals surface area contributed by atoms with Crippen LogP contribution in [-0.4, -0.2) is 51.9 Å². The third kappa shape index (κ3) is 11.2. The monoisotopic (exact) mass is 599 g/mol. The number of thiazole rings is 2. The minimum atomic E-state index is -0.591. The fourth-order valence-corrected chi connectivity index (χ4v) is 5.75. The number of aromatic nitrogens is 2. The highest BCUT2D eigenvalue weighted by Crippen LogP contribution is 2.22. The molecule has 3 atom stereocenters. The highest BCUT2D eigenvalue weighted by Gasteiger charge is 2.28. The summed E-state index contributed by atoms with van der Waals surface area (Å²) in [6.07, 6.45) is 6.26. The molecule has 41 heavy (non-hydrogen) atoms. The van der Waals surface area contributed by atoms with Gasteiger partial charge in [0.2, 0.25) is 0 Å². The van der Waals surface area contributed by atoms with Gasteiger partial charge in [0, 0.05) is 36.8 Å². The molecule has 0 fully saturated rings. The van der Waals surface area contributed by atoms with Crippen molar-refractivity contribution < 1.29 is 19.1 Å². The molecular weight excluding hydrogens is 558 g/mol. The summed E-state index contributed by atoms with van der Waals surface area (Å²) in [4.78, 5) is 50.4. The number of amides is 3. The molecule has 2 N–H and O–H groups in total. The SMILES string of the molecule is CC[C@@H](CC[C@@H](CC(=O)[C@@H](NC(=O)N(C)Cc1cncs1)C(C)C)Cc1ccccc1)NC(=O)OCc1cncs1. The van der Waals surface area contributed by atoms with Gasteiger partial charge in [-0.15, -0.1) is 22.7 Å². The van der Waals surface area contributed by atoms with E-state index in [9.17, 15) is 14.4 Å². The Kier molecular flexibility index (Phi) is 13.2. The fraction of sp³-hybridized carbons (Fsp3) is 0.500. The summed E-state index contributed by atoms with van der Waals surface area (Å²) in [5.41, 5.74) is 4.60. The van der Waals surface area contributed by atoms with Crippen molar-refractivity contribution in [2.24, 2.45) is 11.8 Å². The number of carbonyl (C=O) groups is 3.